The van der Waals surface area contributed by atoms with E-state index >= 15 is 0 Å². The Morgan fingerprint density at radius 1 is 1.08 bits per heavy atom. The molecule has 0 aliphatic carbocycles. The largest absolute Gasteiger partial charge is 0.448 e. The van der Waals surface area contributed by atoms with Crippen molar-refractivity contribution in [3.8, 4) is 0 Å². The van der Waals surface area contributed by atoms with Crippen LogP contribution in [0.25, 0.3) is 0 Å². The lowest BCUT2D eigenvalue weighted by molar-refractivity contribution is 0.0975. The van der Waals surface area contributed by atoms with Crippen LogP contribution < -0.4 is 5.32 Å². The molecule has 1 aliphatic heterocycles. The van der Waals surface area contributed by atoms with Crippen LogP contribution in [0.15, 0.2) is 59.7 Å². The van der Waals surface area contributed by atoms with Gasteiger partial charge < -0.3 is 10.1 Å². The number of carbonyl (C=O) groups excluding carboxylic acids is 2. The van der Waals surface area contributed by atoms with Crippen LogP contribution in [0.1, 0.15) is 28.4 Å². The van der Waals surface area contributed by atoms with Crippen LogP contribution in [0.4, 0.5) is 4.79 Å². The van der Waals surface area contributed by atoms with Gasteiger partial charge in [0.1, 0.15) is 0 Å². The van der Waals surface area contributed by atoms with E-state index < -0.39 is 6.09 Å². The molecule has 1 N–H and O–H groups in total. The number of ether oxygens (including phenoxy) is 1. The number of benzene rings is 2. The molecule has 0 aromatic heterocycles. The van der Waals surface area contributed by atoms with E-state index in [1.807, 2.05) is 36.4 Å². The van der Waals surface area contributed by atoms with Gasteiger partial charge in [-0.05, 0) is 18.6 Å². The van der Waals surface area contributed by atoms with E-state index in [2.05, 4.69) is 10.4 Å². The van der Waals surface area contributed by atoms with Crippen molar-refractivity contribution in [2.45, 2.75) is 13.5 Å². The average molecular weight is 323 g/mol. The second-order valence-electron chi connectivity index (χ2n) is 5.19. The lowest BCUT2D eigenvalue weighted by Gasteiger charge is -2.17. The molecule has 0 atom stereocenters. The normalized spacial score (nSPS) is 14.2. The SMILES string of the molecule is CCOC(=O)N(Cc1ccccc1)/N=C1\NC(=O)c2ccccc21. The first-order valence-electron chi connectivity index (χ1n) is 7.66. The third kappa shape index (κ3) is 3.27. The summed E-state index contributed by atoms with van der Waals surface area (Å²) in [5.74, 6) is 0.118. The highest BCUT2D eigenvalue weighted by Crippen LogP contribution is 2.17. The third-order valence-electron chi connectivity index (χ3n) is 3.53. The summed E-state index contributed by atoms with van der Waals surface area (Å²) in [7, 11) is 0. The van der Waals surface area contributed by atoms with Gasteiger partial charge in [0.25, 0.3) is 5.91 Å². The molecule has 24 heavy (non-hydrogen) atoms. The smallest absolute Gasteiger partial charge is 0.430 e. The Labute approximate surface area is 139 Å². The van der Waals surface area contributed by atoms with Crippen LogP contribution in [0, 0.1) is 0 Å². The fourth-order valence-electron chi connectivity index (χ4n) is 2.42. The van der Waals surface area contributed by atoms with Crippen molar-refractivity contribution in [2.24, 2.45) is 5.10 Å². The van der Waals surface area contributed by atoms with Crippen LogP contribution in [-0.2, 0) is 11.3 Å². The Kier molecular flexibility index (Phi) is 4.56. The number of fused-ring (bicyclic) bond motifs is 1. The van der Waals surface area contributed by atoms with Gasteiger partial charge in [0.15, 0.2) is 5.84 Å². The van der Waals surface area contributed by atoms with Gasteiger partial charge in [-0.1, -0.05) is 48.5 Å². The topological polar surface area (TPSA) is 71.0 Å². The Hall–Kier alpha value is -3.15. The molecule has 2 aromatic rings. The average Bonchev–Trinajstić information content (AvgIpc) is 2.92. The zero-order valence-corrected chi connectivity index (χ0v) is 13.2. The minimum absolute atomic E-state index is 0.229. The molecular formula is C18H17N3O3. The van der Waals surface area contributed by atoms with E-state index in [0.29, 0.717) is 17.0 Å². The van der Waals surface area contributed by atoms with E-state index in [1.165, 1.54) is 5.01 Å². The Morgan fingerprint density at radius 3 is 2.46 bits per heavy atom. The van der Waals surface area contributed by atoms with Crippen LogP contribution in [0.2, 0.25) is 0 Å². The maximum atomic E-state index is 12.2. The van der Waals surface area contributed by atoms with Gasteiger partial charge in [0.2, 0.25) is 0 Å². The molecule has 6 nitrogen and oxygen atoms in total. The summed E-state index contributed by atoms with van der Waals surface area (Å²) in [6, 6.07) is 16.6. The molecule has 6 heteroatoms. The molecule has 0 fully saturated rings. The number of rotatable bonds is 4. The number of nitrogens with zero attached hydrogens (tertiary/aromatic N) is 2. The molecule has 0 saturated carbocycles. The van der Waals surface area contributed by atoms with Gasteiger partial charge in [0, 0.05) is 5.56 Å². The second-order valence-corrected chi connectivity index (χ2v) is 5.19. The standard InChI is InChI=1S/C18H17N3O3/c1-2-24-18(23)21(12-13-8-4-3-5-9-13)20-16-14-10-6-7-11-15(14)17(22)19-16/h3-11H,2,12H2,1H3,(H,19,20,22). The van der Waals surface area contributed by atoms with Crippen molar-refractivity contribution in [3.63, 3.8) is 0 Å². The molecule has 0 radical (unpaired) electrons. The van der Waals surface area contributed by atoms with E-state index in [0.717, 1.165) is 5.56 Å². The van der Waals surface area contributed by atoms with Gasteiger partial charge in [-0.3, -0.25) is 4.79 Å². The zero-order chi connectivity index (χ0) is 16.9. The zero-order valence-electron chi connectivity index (χ0n) is 13.2. The lowest BCUT2D eigenvalue weighted by atomic mass is 10.1. The van der Waals surface area contributed by atoms with Crippen molar-refractivity contribution >= 4 is 17.8 Å². The maximum Gasteiger partial charge on any atom is 0.430 e. The summed E-state index contributed by atoms with van der Waals surface area (Å²) < 4.78 is 5.07. The molecule has 0 bridgehead atoms. The quantitative estimate of drug-likeness (QED) is 0.880. The molecular weight excluding hydrogens is 306 g/mol. The number of hydrogen-bond donors (Lipinski definition) is 1. The molecule has 0 saturated heterocycles. The predicted octanol–water partition coefficient (Wildman–Crippen LogP) is 2.75. The number of hydrazone groups is 1. The van der Waals surface area contributed by atoms with E-state index in [4.69, 9.17) is 4.74 Å². The van der Waals surface area contributed by atoms with Gasteiger partial charge >= 0.3 is 6.09 Å². The Morgan fingerprint density at radius 2 is 1.75 bits per heavy atom. The van der Waals surface area contributed by atoms with Gasteiger partial charge in [-0.25, -0.2) is 4.79 Å². The molecule has 122 valence electrons. The molecule has 0 spiro atoms. The summed E-state index contributed by atoms with van der Waals surface area (Å²) in [6.07, 6.45) is -0.563. The van der Waals surface area contributed by atoms with Crippen LogP contribution in [0.3, 0.4) is 0 Å². The summed E-state index contributed by atoms with van der Waals surface area (Å²) in [5, 5.41) is 8.24. The molecule has 2 amide bonds. The minimum Gasteiger partial charge on any atom is -0.448 e. The number of amidine groups is 1. The summed E-state index contributed by atoms with van der Waals surface area (Å²) in [6.45, 7) is 2.23. The number of carbonyl (C=O) groups is 2. The Balaban J connectivity index is 1.92. The van der Waals surface area contributed by atoms with Crippen molar-refractivity contribution < 1.29 is 14.3 Å². The number of hydrogen-bond acceptors (Lipinski definition) is 4. The molecule has 0 unspecified atom stereocenters. The fraction of sp³-hybridized carbons (Fsp3) is 0.167. The Bertz CT molecular complexity index is 787. The van der Waals surface area contributed by atoms with Crippen molar-refractivity contribution in [1.82, 2.24) is 10.3 Å². The first-order valence-corrected chi connectivity index (χ1v) is 7.66. The van der Waals surface area contributed by atoms with Crippen molar-refractivity contribution in [1.29, 1.82) is 0 Å². The summed E-state index contributed by atoms with van der Waals surface area (Å²) in [4.78, 5) is 24.2. The number of amides is 2. The lowest BCUT2D eigenvalue weighted by Crippen LogP contribution is -2.31. The first-order chi connectivity index (χ1) is 11.7. The highest BCUT2D eigenvalue weighted by Gasteiger charge is 2.26. The first kappa shape index (κ1) is 15.7. The third-order valence-corrected chi connectivity index (χ3v) is 3.53. The van der Waals surface area contributed by atoms with E-state index in [9.17, 15) is 9.59 Å². The number of nitrogens with one attached hydrogen (secondary N) is 1. The van der Waals surface area contributed by atoms with Crippen LogP contribution in [-0.4, -0.2) is 29.5 Å². The predicted molar refractivity (Wildman–Crippen MR) is 89.5 cm³/mol. The van der Waals surface area contributed by atoms with E-state index in [-0.39, 0.29) is 19.1 Å². The highest BCUT2D eigenvalue weighted by molar-refractivity contribution is 6.23. The van der Waals surface area contributed by atoms with Gasteiger partial charge in [0.05, 0.1) is 18.7 Å². The van der Waals surface area contributed by atoms with Crippen molar-refractivity contribution in [3.05, 3.63) is 71.3 Å². The molecule has 1 heterocycles. The van der Waals surface area contributed by atoms with Gasteiger partial charge in [-0.2, -0.15) is 5.01 Å². The van der Waals surface area contributed by atoms with E-state index in [1.54, 1.807) is 25.1 Å². The summed E-state index contributed by atoms with van der Waals surface area (Å²) >= 11 is 0. The van der Waals surface area contributed by atoms with Crippen LogP contribution in [0.5, 0.6) is 0 Å². The fourth-order valence-corrected chi connectivity index (χ4v) is 2.42. The van der Waals surface area contributed by atoms with Crippen molar-refractivity contribution in [2.75, 3.05) is 6.61 Å². The van der Waals surface area contributed by atoms with Gasteiger partial charge in [-0.15, -0.1) is 5.10 Å². The highest BCUT2D eigenvalue weighted by atomic mass is 16.6. The van der Waals surface area contributed by atoms with Crippen LogP contribution >= 0.6 is 0 Å². The molecule has 3 rings (SSSR count). The molecule has 1 aliphatic rings. The molecule has 2 aromatic carbocycles. The second kappa shape index (κ2) is 6.95. The minimum atomic E-state index is -0.563. The summed E-state index contributed by atoms with van der Waals surface area (Å²) in [5.41, 5.74) is 2.12. The maximum absolute atomic E-state index is 12.2. The monoisotopic (exact) mass is 323 g/mol.